The summed E-state index contributed by atoms with van der Waals surface area (Å²) in [6.07, 6.45) is 13.2. The first-order valence-corrected chi connectivity index (χ1v) is 7.88. The molecule has 0 aliphatic rings. The van der Waals surface area contributed by atoms with Gasteiger partial charge in [-0.15, -0.1) is 0 Å². The van der Waals surface area contributed by atoms with Gasteiger partial charge in [0, 0.05) is 44.3 Å². The monoisotopic (exact) mass is 286 g/mol. The molecule has 0 spiro atoms. The lowest BCUT2D eigenvalue weighted by atomic mass is 10.0. The fourth-order valence-corrected chi connectivity index (χ4v) is 2.52. The predicted molar refractivity (Wildman–Crippen MR) is 86.2 cm³/mol. The first-order valence-electron chi connectivity index (χ1n) is 7.88. The zero-order chi connectivity index (χ0) is 14.9. The first-order chi connectivity index (χ1) is 10.3. The molecule has 2 aromatic heterocycles. The van der Waals surface area contributed by atoms with Gasteiger partial charge >= 0.3 is 0 Å². The molecule has 4 nitrogen and oxygen atoms in total. The Morgan fingerprint density at radius 1 is 1.24 bits per heavy atom. The minimum atomic E-state index is 0.543. The molecule has 0 bridgehead atoms. The Labute approximate surface area is 127 Å². The summed E-state index contributed by atoms with van der Waals surface area (Å²) < 4.78 is 2.11. The number of aryl methyl sites for hydroxylation is 3. The zero-order valence-corrected chi connectivity index (χ0v) is 13.1. The number of aromatic nitrogens is 3. The van der Waals surface area contributed by atoms with Crippen LogP contribution in [-0.2, 0) is 19.9 Å². The summed E-state index contributed by atoms with van der Waals surface area (Å²) in [5.41, 5.74) is 1.32. The molecule has 4 heteroatoms. The Balaban J connectivity index is 1.83. The second kappa shape index (κ2) is 8.57. The summed E-state index contributed by atoms with van der Waals surface area (Å²) >= 11 is 0. The van der Waals surface area contributed by atoms with Crippen LogP contribution in [0.15, 0.2) is 36.9 Å². The quantitative estimate of drug-likeness (QED) is 0.771. The van der Waals surface area contributed by atoms with Crippen LogP contribution >= 0.6 is 0 Å². The van der Waals surface area contributed by atoms with E-state index in [1.165, 1.54) is 17.8 Å². The van der Waals surface area contributed by atoms with Crippen LogP contribution in [0.1, 0.15) is 37.6 Å². The molecule has 0 saturated carbocycles. The highest BCUT2D eigenvalue weighted by Crippen LogP contribution is 2.09. The molecule has 2 heterocycles. The van der Waals surface area contributed by atoms with Crippen LogP contribution < -0.4 is 5.32 Å². The lowest BCUT2D eigenvalue weighted by Crippen LogP contribution is -2.31. The van der Waals surface area contributed by atoms with Gasteiger partial charge in [-0.2, -0.15) is 0 Å². The van der Waals surface area contributed by atoms with E-state index in [4.69, 9.17) is 0 Å². The highest BCUT2D eigenvalue weighted by atomic mass is 15.0. The van der Waals surface area contributed by atoms with Gasteiger partial charge in [-0.1, -0.05) is 13.0 Å². The van der Waals surface area contributed by atoms with E-state index in [1.54, 1.807) is 0 Å². The highest BCUT2D eigenvalue weighted by Gasteiger charge is 2.10. The van der Waals surface area contributed by atoms with Crippen LogP contribution in [0.3, 0.4) is 0 Å². The van der Waals surface area contributed by atoms with Gasteiger partial charge in [-0.05, 0) is 43.9 Å². The Hall–Kier alpha value is -1.68. The largest absolute Gasteiger partial charge is 0.338 e. The van der Waals surface area contributed by atoms with E-state index in [1.807, 2.05) is 30.9 Å². The van der Waals surface area contributed by atoms with E-state index in [9.17, 15) is 0 Å². The van der Waals surface area contributed by atoms with Crippen molar-refractivity contribution in [1.82, 2.24) is 19.9 Å². The van der Waals surface area contributed by atoms with Crippen LogP contribution in [0.5, 0.6) is 0 Å². The molecular weight excluding hydrogens is 260 g/mol. The van der Waals surface area contributed by atoms with Crippen molar-refractivity contribution in [3.63, 3.8) is 0 Å². The van der Waals surface area contributed by atoms with Gasteiger partial charge in [-0.25, -0.2) is 4.98 Å². The van der Waals surface area contributed by atoms with Gasteiger partial charge in [0.25, 0.3) is 0 Å². The normalized spacial score (nSPS) is 12.5. The van der Waals surface area contributed by atoms with E-state index in [2.05, 4.69) is 39.9 Å². The Bertz CT molecular complexity index is 507. The maximum absolute atomic E-state index is 4.41. The number of nitrogens with zero attached hydrogens (tertiary/aromatic N) is 3. The Kier molecular flexibility index (Phi) is 6.41. The number of hydrogen-bond acceptors (Lipinski definition) is 3. The van der Waals surface area contributed by atoms with Gasteiger partial charge in [0.05, 0.1) is 0 Å². The van der Waals surface area contributed by atoms with Crippen LogP contribution in [0, 0.1) is 0 Å². The van der Waals surface area contributed by atoms with Gasteiger partial charge in [-0.3, -0.25) is 4.98 Å². The molecule has 114 valence electrons. The molecule has 2 rings (SSSR count). The lowest BCUT2D eigenvalue weighted by Gasteiger charge is -2.18. The molecular formula is C17H26N4. The molecule has 0 aliphatic heterocycles. The third-order valence-corrected chi connectivity index (χ3v) is 3.82. The average molecular weight is 286 g/mol. The molecule has 0 fully saturated rings. The average Bonchev–Trinajstić information content (AvgIpc) is 2.93. The van der Waals surface area contributed by atoms with E-state index >= 15 is 0 Å². The SMILES string of the molecule is CCCNC(CCc1cccnc1)CCc1nccn1C. The molecule has 1 N–H and O–H groups in total. The fourth-order valence-electron chi connectivity index (χ4n) is 2.52. The van der Waals surface area contributed by atoms with Crippen molar-refractivity contribution >= 4 is 0 Å². The van der Waals surface area contributed by atoms with Crippen molar-refractivity contribution in [3.05, 3.63) is 48.3 Å². The maximum Gasteiger partial charge on any atom is 0.108 e. The van der Waals surface area contributed by atoms with E-state index in [0.29, 0.717) is 6.04 Å². The number of rotatable bonds is 9. The number of imidazole rings is 1. The minimum Gasteiger partial charge on any atom is -0.338 e. The summed E-state index contributed by atoms with van der Waals surface area (Å²) in [5, 5.41) is 3.66. The van der Waals surface area contributed by atoms with Crippen molar-refractivity contribution in [2.24, 2.45) is 7.05 Å². The molecule has 0 amide bonds. The molecule has 21 heavy (non-hydrogen) atoms. The standard InChI is InChI=1S/C17H26N4/c1-3-10-19-16(7-6-15-5-4-11-18-14-15)8-9-17-20-12-13-21(17)2/h4-5,11-14,16,19H,3,6-10H2,1-2H3. The van der Waals surface area contributed by atoms with E-state index < -0.39 is 0 Å². The van der Waals surface area contributed by atoms with Crippen molar-refractivity contribution in [3.8, 4) is 0 Å². The predicted octanol–water partition coefficient (Wildman–Crippen LogP) is 2.75. The molecule has 0 aromatic carbocycles. The number of nitrogens with one attached hydrogen (secondary N) is 1. The topological polar surface area (TPSA) is 42.7 Å². The molecule has 0 radical (unpaired) electrons. The minimum absolute atomic E-state index is 0.543. The van der Waals surface area contributed by atoms with Crippen LogP contribution in [0.4, 0.5) is 0 Å². The van der Waals surface area contributed by atoms with Crippen LogP contribution in [0.2, 0.25) is 0 Å². The second-order valence-corrected chi connectivity index (χ2v) is 5.54. The fraction of sp³-hybridized carbons (Fsp3) is 0.529. The molecule has 0 aliphatic carbocycles. The third-order valence-electron chi connectivity index (χ3n) is 3.82. The Morgan fingerprint density at radius 2 is 2.10 bits per heavy atom. The van der Waals surface area contributed by atoms with Gasteiger partial charge < -0.3 is 9.88 Å². The van der Waals surface area contributed by atoms with Crippen LogP contribution in [0.25, 0.3) is 0 Å². The number of pyridine rings is 1. The Morgan fingerprint density at radius 3 is 2.76 bits per heavy atom. The molecule has 1 unspecified atom stereocenters. The van der Waals surface area contributed by atoms with Gasteiger partial charge in [0.2, 0.25) is 0 Å². The van der Waals surface area contributed by atoms with Crippen molar-refractivity contribution in [1.29, 1.82) is 0 Å². The first kappa shape index (κ1) is 15.7. The lowest BCUT2D eigenvalue weighted by molar-refractivity contribution is 0.447. The smallest absolute Gasteiger partial charge is 0.108 e. The maximum atomic E-state index is 4.41. The van der Waals surface area contributed by atoms with E-state index in [0.717, 1.165) is 32.2 Å². The summed E-state index contributed by atoms with van der Waals surface area (Å²) in [5.74, 6) is 1.17. The summed E-state index contributed by atoms with van der Waals surface area (Å²) in [6.45, 7) is 3.29. The van der Waals surface area contributed by atoms with Crippen molar-refractivity contribution in [2.45, 2.75) is 45.1 Å². The third kappa shape index (κ3) is 5.31. The summed E-state index contributed by atoms with van der Waals surface area (Å²) in [6, 6.07) is 4.71. The number of hydrogen-bond donors (Lipinski definition) is 1. The van der Waals surface area contributed by atoms with E-state index in [-0.39, 0.29) is 0 Å². The van der Waals surface area contributed by atoms with Crippen molar-refractivity contribution < 1.29 is 0 Å². The molecule has 2 aromatic rings. The van der Waals surface area contributed by atoms with Crippen LogP contribution in [-0.4, -0.2) is 27.1 Å². The zero-order valence-electron chi connectivity index (χ0n) is 13.1. The molecule has 0 saturated heterocycles. The second-order valence-electron chi connectivity index (χ2n) is 5.54. The van der Waals surface area contributed by atoms with Crippen molar-refractivity contribution in [2.75, 3.05) is 6.54 Å². The highest BCUT2D eigenvalue weighted by molar-refractivity contribution is 5.08. The molecule has 1 atom stereocenters. The summed E-state index contributed by atoms with van der Waals surface area (Å²) in [7, 11) is 2.06. The van der Waals surface area contributed by atoms with Gasteiger partial charge in [0.1, 0.15) is 5.82 Å². The summed E-state index contributed by atoms with van der Waals surface area (Å²) in [4.78, 5) is 8.60. The van der Waals surface area contributed by atoms with Gasteiger partial charge in [0.15, 0.2) is 0 Å².